The highest BCUT2D eigenvalue weighted by Gasteiger charge is 2.28. The van der Waals surface area contributed by atoms with E-state index in [2.05, 4.69) is 10.6 Å². The molecule has 0 aliphatic carbocycles. The molecule has 0 radical (unpaired) electrons. The highest BCUT2D eigenvalue weighted by atomic mass is 32.2. The van der Waals surface area contributed by atoms with Gasteiger partial charge in [0.25, 0.3) is 0 Å². The largest absolute Gasteiger partial charge is 0.385 e. The van der Waals surface area contributed by atoms with Crippen LogP contribution in [0.5, 0.6) is 0 Å². The van der Waals surface area contributed by atoms with Gasteiger partial charge in [0.05, 0.1) is 11.7 Å². The van der Waals surface area contributed by atoms with Crippen LogP contribution in [-0.4, -0.2) is 70.8 Å². The summed E-state index contributed by atoms with van der Waals surface area (Å²) in [6, 6.07) is 0. The number of carbonyl (C=O) groups is 1. The quantitative estimate of drug-likeness (QED) is 0.562. The number of nitrogens with one attached hydrogen (secondary N) is 2. The maximum absolute atomic E-state index is 12.2. The van der Waals surface area contributed by atoms with Crippen molar-refractivity contribution in [3.63, 3.8) is 0 Å². The Morgan fingerprint density at radius 3 is 2.65 bits per heavy atom. The first-order valence-corrected chi connectivity index (χ1v) is 8.53. The predicted molar refractivity (Wildman–Crippen MR) is 76.9 cm³/mol. The van der Waals surface area contributed by atoms with Crippen molar-refractivity contribution >= 4 is 15.9 Å². The van der Waals surface area contributed by atoms with Crippen molar-refractivity contribution in [2.75, 3.05) is 52.2 Å². The van der Waals surface area contributed by atoms with E-state index < -0.39 is 15.9 Å². The van der Waals surface area contributed by atoms with Gasteiger partial charge in [-0.25, -0.2) is 8.42 Å². The Kier molecular flexibility index (Phi) is 7.42. The summed E-state index contributed by atoms with van der Waals surface area (Å²) in [5.74, 6) is -0.902. The summed E-state index contributed by atoms with van der Waals surface area (Å²) in [4.78, 5) is 11.8. The van der Waals surface area contributed by atoms with Gasteiger partial charge in [-0.2, -0.15) is 4.31 Å². The third kappa shape index (κ3) is 5.74. The fourth-order valence-electron chi connectivity index (χ4n) is 2.02. The van der Waals surface area contributed by atoms with E-state index in [0.29, 0.717) is 39.3 Å². The van der Waals surface area contributed by atoms with Crippen molar-refractivity contribution in [1.29, 1.82) is 0 Å². The Bertz CT molecular complexity index is 394. The lowest BCUT2D eigenvalue weighted by atomic mass is 10.2. The van der Waals surface area contributed by atoms with Crippen molar-refractivity contribution in [3.05, 3.63) is 0 Å². The SMILES string of the molecule is COCCCNC(=O)C(C)CS(=O)(=O)N1CCNCC1. The molecule has 2 N–H and O–H groups in total. The first-order chi connectivity index (χ1) is 9.47. The molecular weight excluding hydrogens is 282 g/mol. The molecule has 1 rings (SSSR count). The van der Waals surface area contributed by atoms with Gasteiger partial charge in [0, 0.05) is 46.4 Å². The first-order valence-electron chi connectivity index (χ1n) is 6.92. The first kappa shape index (κ1) is 17.4. The summed E-state index contributed by atoms with van der Waals surface area (Å²) >= 11 is 0. The van der Waals surface area contributed by atoms with Crippen LogP contribution in [0.1, 0.15) is 13.3 Å². The number of hydrogen-bond donors (Lipinski definition) is 2. The van der Waals surface area contributed by atoms with Gasteiger partial charge in [-0.3, -0.25) is 4.79 Å². The number of methoxy groups -OCH3 is 1. The van der Waals surface area contributed by atoms with Crippen LogP contribution < -0.4 is 10.6 Å². The fourth-order valence-corrected chi connectivity index (χ4v) is 3.75. The van der Waals surface area contributed by atoms with Crippen LogP contribution in [0.3, 0.4) is 0 Å². The zero-order valence-corrected chi connectivity index (χ0v) is 13.0. The Morgan fingerprint density at radius 1 is 1.40 bits per heavy atom. The zero-order chi connectivity index (χ0) is 15.0. The number of piperazine rings is 1. The smallest absolute Gasteiger partial charge is 0.223 e. The molecule has 1 aliphatic rings. The summed E-state index contributed by atoms with van der Waals surface area (Å²) in [7, 11) is -1.75. The molecule has 1 unspecified atom stereocenters. The lowest BCUT2D eigenvalue weighted by molar-refractivity contribution is -0.123. The molecule has 8 heteroatoms. The second kappa shape index (κ2) is 8.56. The van der Waals surface area contributed by atoms with Gasteiger partial charge >= 0.3 is 0 Å². The zero-order valence-electron chi connectivity index (χ0n) is 12.2. The molecule has 0 spiro atoms. The number of hydrogen-bond acceptors (Lipinski definition) is 5. The highest BCUT2D eigenvalue weighted by Crippen LogP contribution is 2.09. The van der Waals surface area contributed by atoms with E-state index in [-0.39, 0.29) is 11.7 Å². The van der Waals surface area contributed by atoms with Gasteiger partial charge < -0.3 is 15.4 Å². The number of rotatable bonds is 8. The van der Waals surface area contributed by atoms with Crippen molar-refractivity contribution in [3.8, 4) is 0 Å². The Balaban J connectivity index is 2.39. The maximum atomic E-state index is 12.2. The number of nitrogens with zero attached hydrogens (tertiary/aromatic N) is 1. The van der Waals surface area contributed by atoms with Crippen LogP contribution in [0.2, 0.25) is 0 Å². The van der Waals surface area contributed by atoms with E-state index in [1.165, 1.54) is 4.31 Å². The molecule has 1 heterocycles. The number of amides is 1. The van der Waals surface area contributed by atoms with Crippen molar-refractivity contribution in [2.45, 2.75) is 13.3 Å². The molecule has 0 aromatic carbocycles. The fraction of sp³-hybridized carbons (Fsp3) is 0.917. The van der Waals surface area contributed by atoms with Gasteiger partial charge in [-0.1, -0.05) is 6.92 Å². The molecule has 1 aliphatic heterocycles. The van der Waals surface area contributed by atoms with Crippen LogP contribution in [-0.2, 0) is 19.6 Å². The third-order valence-corrected chi connectivity index (χ3v) is 5.28. The summed E-state index contributed by atoms with van der Waals surface area (Å²) < 4.78 is 30.7. The van der Waals surface area contributed by atoms with Gasteiger partial charge in [0.15, 0.2) is 0 Å². The molecule has 7 nitrogen and oxygen atoms in total. The predicted octanol–water partition coefficient (Wildman–Crippen LogP) is -0.990. The molecule has 118 valence electrons. The van der Waals surface area contributed by atoms with E-state index in [0.717, 1.165) is 6.42 Å². The average molecular weight is 307 g/mol. The normalized spacial score (nSPS) is 18.7. The summed E-state index contributed by atoms with van der Waals surface area (Å²) in [5, 5.41) is 5.83. The van der Waals surface area contributed by atoms with E-state index in [1.807, 2.05) is 0 Å². The summed E-state index contributed by atoms with van der Waals surface area (Å²) in [5.41, 5.74) is 0. The van der Waals surface area contributed by atoms with Crippen molar-refractivity contribution in [2.24, 2.45) is 5.92 Å². The molecule has 0 bridgehead atoms. The van der Waals surface area contributed by atoms with Crippen LogP contribution in [0.25, 0.3) is 0 Å². The standard InChI is InChI=1S/C12H25N3O4S/c1-11(12(16)14-4-3-9-19-2)10-20(17,18)15-7-5-13-6-8-15/h11,13H,3-10H2,1-2H3,(H,14,16). The topological polar surface area (TPSA) is 87.7 Å². The molecule has 1 amide bonds. The Hall–Kier alpha value is -0.700. The summed E-state index contributed by atoms with van der Waals surface area (Å²) in [6.07, 6.45) is 0.722. The van der Waals surface area contributed by atoms with E-state index in [9.17, 15) is 13.2 Å². The summed E-state index contributed by atoms with van der Waals surface area (Å²) in [6.45, 7) is 5.01. The molecular formula is C12H25N3O4S. The molecule has 0 aromatic heterocycles. The highest BCUT2D eigenvalue weighted by molar-refractivity contribution is 7.89. The minimum absolute atomic E-state index is 0.136. The lowest BCUT2D eigenvalue weighted by Crippen LogP contribution is -2.48. The van der Waals surface area contributed by atoms with E-state index >= 15 is 0 Å². The van der Waals surface area contributed by atoms with Crippen LogP contribution >= 0.6 is 0 Å². The number of sulfonamides is 1. The maximum Gasteiger partial charge on any atom is 0.223 e. The molecule has 1 fully saturated rings. The van der Waals surface area contributed by atoms with E-state index in [4.69, 9.17) is 4.74 Å². The third-order valence-electron chi connectivity index (χ3n) is 3.20. The second-order valence-electron chi connectivity index (χ2n) is 4.97. The van der Waals surface area contributed by atoms with Crippen LogP contribution in [0.15, 0.2) is 0 Å². The second-order valence-corrected chi connectivity index (χ2v) is 6.98. The van der Waals surface area contributed by atoms with Gasteiger partial charge in [0.2, 0.25) is 15.9 Å². The van der Waals surface area contributed by atoms with Crippen LogP contribution in [0.4, 0.5) is 0 Å². The minimum atomic E-state index is -3.36. The van der Waals surface area contributed by atoms with Crippen LogP contribution in [0, 0.1) is 5.92 Å². The molecule has 0 aromatic rings. The minimum Gasteiger partial charge on any atom is -0.385 e. The monoisotopic (exact) mass is 307 g/mol. The molecule has 20 heavy (non-hydrogen) atoms. The number of carbonyl (C=O) groups excluding carboxylic acids is 1. The van der Waals surface area contributed by atoms with Crippen molar-refractivity contribution < 1.29 is 17.9 Å². The Labute approximate surface area is 121 Å². The van der Waals surface area contributed by atoms with Gasteiger partial charge in [-0.15, -0.1) is 0 Å². The van der Waals surface area contributed by atoms with Crippen molar-refractivity contribution in [1.82, 2.24) is 14.9 Å². The molecule has 1 atom stereocenters. The van der Waals surface area contributed by atoms with Gasteiger partial charge in [0.1, 0.15) is 0 Å². The molecule has 1 saturated heterocycles. The average Bonchev–Trinajstić information content (AvgIpc) is 2.44. The Morgan fingerprint density at radius 2 is 2.05 bits per heavy atom. The lowest BCUT2D eigenvalue weighted by Gasteiger charge is -2.27. The molecule has 0 saturated carbocycles. The van der Waals surface area contributed by atoms with Gasteiger partial charge in [-0.05, 0) is 6.42 Å². The number of ether oxygens (including phenoxy) is 1. The van der Waals surface area contributed by atoms with E-state index in [1.54, 1.807) is 14.0 Å².